The number of benzene rings is 3. The molecule has 218 valence electrons. The second kappa shape index (κ2) is 11.3. The van der Waals surface area contributed by atoms with Crippen LogP contribution in [0, 0.1) is 11.6 Å². The van der Waals surface area contributed by atoms with Crippen molar-refractivity contribution < 1.29 is 32.6 Å². The Bertz CT molecular complexity index is 1690. The average molecular weight is 575 g/mol. The summed E-state index contributed by atoms with van der Waals surface area (Å²) in [5, 5.41) is 0.914. The van der Waals surface area contributed by atoms with Gasteiger partial charge in [0.2, 0.25) is 5.82 Å². The quantitative estimate of drug-likeness (QED) is 0.247. The van der Waals surface area contributed by atoms with E-state index in [0.29, 0.717) is 17.0 Å². The molecule has 1 aliphatic rings. The van der Waals surface area contributed by atoms with E-state index in [2.05, 4.69) is 4.98 Å². The molecule has 0 radical (unpaired) electrons. The van der Waals surface area contributed by atoms with Crippen molar-refractivity contribution in [2.75, 3.05) is 13.7 Å². The first-order valence-electron chi connectivity index (χ1n) is 13.6. The second-order valence-corrected chi connectivity index (χ2v) is 11.1. The lowest BCUT2D eigenvalue weighted by Crippen LogP contribution is -2.37. The number of rotatable bonds is 7. The molecule has 0 aliphatic carbocycles. The average Bonchev–Trinajstić information content (AvgIpc) is 3.30. The van der Waals surface area contributed by atoms with E-state index >= 15 is 0 Å². The lowest BCUT2D eigenvalue weighted by Gasteiger charge is -2.29. The van der Waals surface area contributed by atoms with Crippen LogP contribution in [-0.4, -0.2) is 41.5 Å². The highest BCUT2D eigenvalue weighted by Crippen LogP contribution is 2.41. The van der Waals surface area contributed by atoms with Crippen LogP contribution in [0.3, 0.4) is 0 Å². The van der Waals surface area contributed by atoms with Gasteiger partial charge in [0.1, 0.15) is 12.4 Å². The Hall–Kier alpha value is -4.66. The zero-order valence-electron chi connectivity index (χ0n) is 24.1. The Morgan fingerprint density at radius 2 is 1.76 bits per heavy atom. The fraction of sp³-hybridized carbons (Fsp3) is 0.273. The lowest BCUT2D eigenvalue weighted by molar-refractivity contribution is -0.140. The van der Waals surface area contributed by atoms with Gasteiger partial charge >= 0.3 is 5.97 Å². The Kier molecular flexibility index (Phi) is 7.77. The molecule has 1 aromatic heterocycles. The van der Waals surface area contributed by atoms with Crippen molar-refractivity contribution >= 4 is 28.4 Å². The molecule has 0 atom stereocenters. The predicted molar refractivity (Wildman–Crippen MR) is 155 cm³/mol. The minimum atomic E-state index is -1.22. The highest BCUT2D eigenvalue weighted by atomic mass is 19.2. The molecule has 4 aromatic rings. The molecule has 3 aromatic carbocycles. The topological polar surface area (TPSA) is 80.9 Å². The Labute approximate surface area is 242 Å². The number of methoxy groups -OCH3 is 1. The van der Waals surface area contributed by atoms with Crippen molar-refractivity contribution in [2.45, 2.75) is 45.8 Å². The Balaban J connectivity index is 1.52. The summed E-state index contributed by atoms with van der Waals surface area (Å²) in [4.78, 5) is 31.9. The number of carbonyl (C=O) groups is 2. The molecule has 1 aliphatic heterocycles. The number of aromatic amines is 1. The number of para-hydroxylation sites is 1. The van der Waals surface area contributed by atoms with Gasteiger partial charge in [-0.05, 0) is 55.3 Å². The third kappa shape index (κ3) is 5.59. The van der Waals surface area contributed by atoms with Crippen LogP contribution in [0.15, 0.2) is 66.9 Å². The fourth-order valence-electron chi connectivity index (χ4n) is 5.22. The van der Waals surface area contributed by atoms with Gasteiger partial charge in [-0.1, -0.05) is 44.2 Å². The minimum Gasteiger partial charge on any atom is -0.497 e. The van der Waals surface area contributed by atoms with Crippen molar-refractivity contribution in [3.63, 3.8) is 0 Å². The van der Waals surface area contributed by atoms with Crippen LogP contribution in [0.1, 0.15) is 54.9 Å². The molecular weight excluding hydrogens is 542 g/mol. The van der Waals surface area contributed by atoms with Gasteiger partial charge in [0.05, 0.1) is 24.5 Å². The first kappa shape index (κ1) is 28.9. The van der Waals surface area contributed by atoms with Crippen LogP contribution >= 0.6 is 0 Å². The maximum absolute atomic E-state index is 14.8. The van der Waals surface area contributed by atoms with Crippen molar-refractivity contribution in [3.8, 4) is 11.5 Å². The number of fused-ring (bicyclic) bond motifs is 3. The standard InChI is InChI=1S/C33H32F2N2O5/c1-19(2)42-32(39)24-16-37(18-33(3,4)28-23-8-6-7-9-26(23)36-30(24)28)31(38)21-14-25(34)29(35)27(15-21)41-17-20-10-12-22(40-5)13-11-20/h6-16,19,36H,17-18H2,1-5H3. The summed E-state index contributed by atoms with van der Waals surface area (Å²) >= 11 is 0. The van der Waals surface area contributed by atoms with Crippen LogP contribution in [0.5, 0.6) is 11.5 Å². The summed E-state index contributed by atoms with van der Waals surface area (Å²) in [5.74, 6) is -3.41. The Morgan fingerprint density at radius 3 is 2.45 bits per heavy atom. The van der Waals surface area contributed by atoms with Gasteiger partial charge < -0.3 is 24.1 Å². The molecule has 7 nitrogen and oxygen atoms in total. The number of hydrogen-bond acceptors (Lipinski definition) is 5. The molecule has 0 saturated carbocycles. The van der Waals surface area contributed by atoms with Gasteiger partial charge in [0.25, 0.3) is 5.91 Å². The second-order valence-electron chi connectivity index (χ2n) is 11.1. The van der Waals surface area contributed by atoms with E-state index in [1.807, 2.05) is 38.1 Å². The number of nitrogens with one attached hydrogen (secondary N) is 1. The zero-order chi connectivity index (χ0) is 30.2. The van der Waals surface area contributed by atoms with E-state index < -0.39 is 40.8 Å². The number of amides is 1. The van der Waals surface area contributed by atoms with Gasteiger partial charge in [-0.15, -0.1) is 0 Å². The number of ether oxygens (including phenoxy) is 3. The van der Waals surface area contributed by atoms with E-state index in [9.17, 15) is 18.4 Å². The molecule has 2 heterocycles. The minimum absolute atomic E-state index is 0.0540. The molecule has 0 saturated heterocycles. The number of nitrogens with zero attached hydrogens (tertiary/aromatic N) is 1. The van der Waals surface area contributed by atoms with Gasteiger partial charge in [-0.3, -0.25) is 4.79 Å². The number of carbonyl (C=O) groups excluding carboxylic acids is 2. The van der Waals surface area contributed by atoms with E-state index in [4.69, 9.17) is 14.2 Å². The molecule has 0 bridgehead atoms. The number of aromatic nitrogens is 1. The van der Waals surface area contributed by atoms with Gasteiger partial charge in [0, 0.05) is 34.6 Å². The molecule has 0 fully saturated rings. The third-order valence-electron chi connectivity index (χ3n) is 7.12. The van der Waals surface area contributed by atoms with Crippen molar-refractivity contribution in [3.05, 3.63) is 101 Å². The summed E-state index contributed by atoms with van der Waals surface area (Å²) in [6.07, 6.45) is 1.03. The van der Waals surface area contributed by atoms with Gasteiger partial charge in [0.15, 0.2) is 11.6 Å². The smallest absolute Gasteiger partial charge is 0.342 e. The molecule has 1 N–H and O–H groups in total. The zero-order valence-corrected chi connectivity index (χ0v) is 24.1. The monoisotopic (exact) mass is 574 g/mol. The molecule has 1 amide bonds. The summed E-state index contributed by atoms with van der Waals surface area (Å²) in [7, 11) is 1.54. The lowest BCUT2D eigenvalue weighted by atomic mass is 9.81. The third-order valence-corrected chi connectivity index (χ3v) is 7.12. The van der Waals surface area contributed by atoms with E-state index in [0.717, 1.165) is 22.5 Å². The van der Waals surface area contributed by atoms with Crippen molar-refractivity contribution in [1.29, 1.82) is 0 Å². The SMILES string of the molecule is COc1ccc(COc2cc(C(=O)N3C=C(C(=O)OC(C)C)c4[nH]c5ccccc5c4C(C)(C)C3)cc(F)c2F)cc1. The molecule has 42 heavy (non-hydrogen) atoms. The normalized spacial score (nSPS) is 14.3. The highest BCUT2D eigenvalue weighted by molar-refractivity contribution is 6.18. The van der Waals surface area contributed by atoms with Gasteiger partial charge in [-0.25, -0.2) is 9.18 Å². The number of halogens is 2. The first-order valence-corrected chi connectivity index (χ1v) is 13.6. The van der Waals surface area contributed by atoms with Crippen LogP contribution < -0.4 is 9.47 Å². The Morgan fingerprint density at radius 1 is 1.05 bits per heavy atom. The number of hydrogen-bond donors (Lipinski definition) is 1. The molecule has 5 rings (SSSR count). The predicted octanol–water partition coefficient (Wildman–Crippen LogP) is 6.76. The van der Waals surface area contributed by atoms with Crippen LogP contribution in [-0.2, 0) is 21.6 Å². The van der Waals surface area contributed by atoms with Gasteiger partial charge in [-0.2, -0.15) is 4.39 Å². The molecule has 0 spiro atoms. The summed E-state index contributed by atoms with van der Waals surface area (Å²) in [6.45, 7) is 7.50. The van der Waals surface area contributed by atoms with Crippen LogP contribution in [0.25, 0.3) is 16.5 Å². The summed E-state index contributed by atoms with van der Waals surface area (Å²) in [5.41, 5.74) is 2.34. The van der Waals surface area contributed by atoms with Crippen molar-refractivity contribution in [1.82, 2.24) is 9.88 Å². The summed E-state index contributed by atoms with van der Waals surface area (Å²) in [6, 6.07) is 16.6. The maximum atomic E-state index is 14.8. The van der Waals surface area contributed by atoms with E-state index in [1.54, 1.807) is 45.2 Å². The molecule has 9 heteroatoms. The maximum Gasteiger partial charge on any atom is 0.342 e. The van der Waals surface area contributed by atoms with E-state index in [1.165, 1.54) is 17.2 Å². The first-order chi connectivity index (χ1) is 20.0. The van der Waals surface area contributed by atoms with E-state index in [-0.39, 0.29) is 24.3 Å². The molecular formula is C33H32F2N2O5. The van der Waals surface area contributed by atoms with Crippen LogP contribution in [0.2, 0.25) is 0 Å². The number of H-pyrrole nitrogens is 1. The van der Waals surface area contributed by atoms with Crippen LogP contribution in [0.4, 0.5) is 8.78 Å². The summed E-state index contributed by atoms with van der Waals surface area (Å²) < 4.78 is 45.8. The largest absolute Gasteiger partial charge is 0.497 e. The van der Waals surface area contributed by atoms with Crippen molar-refractivity contribution in [2.24, 2.45) is 0 Å². The number of esters is 1. The molecule has 0 unspecified atom stereocenters. The fourth-order valence-corrected chi connectivity index (χ4v) is 5.22. The highest BCUT2D eigenvalue weighted by Gasteiger charge is 2.38.